The third-order valence-corrected chi connectivity index (χ3v) is 4.40. The average Bonchev–Trinajstić information content (AvgIpc) is 2.80. The number of nitrogens with zero attached hydrogens (tertiary/aromatic N) is 1. The van der Waals surface area contributed by atoms with Crippen LogP contribution in [-0.4, -0.2) is 24.4 Å². The van der Waals surface area contributed by atoms with Gasteiger partial charge in [-0.25, -0.2) is 8.42 Å². The zero-order valence-electron chi connectivity index (χ0n) is 9.14. The van der Waals surface area contributed by atoms with Gasteiger partial charge in [-0.2, -0.15) is 5.10 Å². The van der Waals surface area contributed by atoms with Gasteiger partial charge in [-0.15, -0.1) is 0 Å². The highest BCUT2D eigenvalue weighted by atomic mass is 35.5. The van der Waals surface area contributed by atoms with Crippen molar-refractivity contribution in [3.63, 3.8) is 0 Å². The molecule has 0 saturated carbocycles. The molecule has 17 heavy (non-hydrogen) atoms. The lowest BCUT2D eigenvalue weighted by Gasteiger charge is -2.03. The van der Waals surface area contributed by atoms with Crippen LogP contribution in [0.15, 0.2) is 35.5 Å². The Balaban J connectivity index is 2.55. The number of halogens is 1. The molecule has 0 radical (unpaired) electrons. The van der Waals surface area contributed by atoms with Crippen LogP contribution in [0.25, 0.3) is 11.1 Å². The summed E-state index contributed by atoms with van der Waals surface area (Å²) in [5, 5.41) is 7.10. The van der Waals surface area contributed by atoms with E-state index in [4.69, 9.17) is 11.6 Å². The van der Waals surface area contributed by atoms with E-state index in [0.717, 1.165) is 5.56 Å². The SMILES string of the molecule is CCS(=O)(=O)c1[nH]ncc1-c1ccc(Cl)cc1. The summed E-state index contributed by atoms with van der Waals surface area (Å²) in [6.07, 6.45) is 1.51. The van der Waals surface area contributed by atoms with Crippen LogP contribution in [0.5, 0.6) is 0 Å². The Morgan fingerprint density at radius 2 is 1.94 bits per heavy atom. The predicted molar refractivity (Wildman–Crippen MR) is 66.8 cm³/mol. The van der Waals surface area contributed by atoms with Crippen molar-refractivity contribution in [1.82, 2.24) is 10.2 Å². The molecule has 0 bridgehead atoms. The minimum absolute atomic E-state index is 0.0375. The fourth-order valence-electron chi connectivity index (χ4n) is 1.49. The molecule has 4 nitrogen and oxygen atoms in total. The summed E-state index contributed by atoms with van der Waals surface area (Å²) in [5.41, 5.74) is 1.35. The molecule has 0 atom stereocenters. The lowest BCUT2D eigenvalue weighted by Crippen LogP contribution is -2.05. The maximum Gasteiger partial charge on any atom is 0.195 e. The summed E-state index contributed by atoms with van der Waals surface area (Å²) in [6, 6.07) is 6.96. The van der Waals surface area contributed by atoms with Crippen LogP contribution in [0.2, 0.25) is 5.02 Å². The number of hydrogen-bond acceptors (Lipinski definition) is 3. The molecule has 0 unspecified atom stereocenters. The highest BCUT2D eigenvalue weighted by Crippen LogP contribution is 2.26. The first-order chi connectivity index (χ1) is 8.04. The number of H-pyrrole nitrogens is 1. The molecule has 2 aromatic rings. The van der Waals surface area contributed by atoms with Crippen molar-refractivity contribution < 1.29 is 8.42 Å². The monoisotopic (exact) mass is 270 g/mol. The third kappa shape index (κ3) is 2.35. The van der Waals surface area contributed by atoms with Gasteiger partial charge in [0.2, 0.25) is 0 Å². The summed E-state index contributed by atoms with van der Waals surface area (Å²) in [5.74, 6) is 0.0375. The van der Waals surface area contributed by atoms with E-state index in [-0.39, 0.29) is 10.8 Å². The normalized spacial score (nSPS) is 11.6. The number of rotatable bonds is 3. The summed E-state index contributed by atoms with van der Waals surface area (Å²) in [7, 11) is -3.29. The van der Waals surface area contributed by atoms with Gasteiger partial charge in [0.1, 0.15) is 0 Å². The van der Waals surface area contributed by atoms with Crippen molar-refractivity contribution in [1.29, 1.82) is 0 Å². The second kappa shape index (κ2) is 4.50. The lowest BCUT2D eigenvalue weighted by atomic mass is 10.1. The van der Waals surface area contributed by atoms with Crippen molar-refractivity contribution in [2.75, 3.05) is 5.75 Å². The fraction of sp³-hybridized carbons (Fsp3) is 0.182. The molecule has 1 aromatic carbocycles. The minimum atomic E-state index is -3.29. The van der Waals surface area contributed by atoms with Gasteiger partial charge in [0.05, 0.1) is 11.9 Å². The van der Waals surface area contributed by atoms with Gasteiger partial charge >= 0.3 is 0 Å². The van der Waals surface area contributed by atoms with Gasteiger partial charge in [0.15, 0.2) is 14.9 Å². The fourth-order valence-corrected chi connectivity index (χ4v) is 2.60. The Morgan fingerprint density at radius 3 is 2.53 bits per heavy atom. The predicted octanol–water partition coefficient (Wildman–Crippen LogP) is 2.52. The van der Waals surface area contributed by atoms with E-state index in [2.05, 4.69) is 10.2 Å². The maximum atomic E-state index is 11.8. The second-order valence-corrected chi connectivity index (χ2v) is 6.17. The first-order valence-corrected chi connectivity index (χ1v) is 7.09. The third-order valence-electron chi connectivity index (χ3n) is 2.45. The molecule has 0 saturated heterocycles. The van der Waals surface area contributed by atoms with E-state index < -0.39 is 9.84 Å². The van der Waals surface area contributed by atoms with Gasteiger partial charge in [0.25, 0.3) is 0 Å². The van der Waals surface area contributed by atoms with Gasteiger partial charge in [-0.3, -0.25) is 5.10 Å². The molecule has 6 heteroatoms. The lowest BCUT2D eigenvalue weighted by molar-refractivity contribution is 0.593. The molecular formula is C11H11ClN2O2S. The van der Waals surface area contributed by atoms with Crippen molar-refractivity contribution in [3.8, 4) is 11.1 Å². The van der Waals surface area contributed by atoms with E-state index in [1.165, 1.54) is 6.20 Å². The molecule has 90 valence electrons. The van der Waals surface area contributed by atoms with Crippen LogP contribution in [0, 0.1) is 0 Å². The van der Waals surface area contributed by atoms with E-state index in [9.17, 15) is 8.42 Å². The molecule has 1 heterocycles. The standard InChI is InChI=1S/C11H11ClN2O2S/c1-2-17(15,16)11-10(7-13-14-11)8-3-5-9(12)6-4-8/h3-7H,2H2,1H3,(H,13,14). The van der Waals surface area contributed by atoms with E-state index in [0.29, 0.717) is 10.6 Å². The number of nitrogens with one attached hydrogen (secondary N) is 1. The molecule has 0 fully saturated rings. The molecule has 1 N–H and O–H groups in total. The number of benzene rings is 1. The number of hydrogen-bond donors (Lipinski definition) is 1. The van der Waals surface area contributed by atoms with Crippen molar-refractivity contribution in [2.24, 2.45) is 0 Å². The Bertz CT molecular complexity index is 617. The number of aromatic amines is 1. The van der Waals surface area contributed by atoms with Gasteiger partial charge in [0, 0.05) is 10.6 Å². The minimum Gasteiger partial charge on any atom is -0.267 e. The molecule has 2 rings (SSSR count). The number of sulfone groups is 1. The Labute approximate surface area is 105 Å². The van der Waals surface area contributed by atoms with Crippen LogP contribution >= 0.6 is 11.6 Å². The second-order valence-electron chi connectivity index (χ2n) is 3.52. The van der Waals surface area contributed by atoms with Gasteiger partial charge in [-0.05, 0) is 17.7 Å². The van der Waals surface area contributed by atoms with Crippen molar-refractivity contribution in [3.05, 3.63) is 35.5 Å². The summed E-state index contributed by atoms with van der Waals surface area (Å²) < 4.78 is 23.7. The van der Waals surface area contributed by atoms with Crippen molar-refractivity contribution >= 4 is 21.4 Å². The van der Waals surface area contributed by atoms with E-state index in [1.54, 1.807) is 31.2 Å². The maximum absolute atomic E-state index is 11.8. The highest BCUT2D eigenvalue weighted by molar-refractivity contribution is 7.91. The molecule has 1 aromatic heterocycles. The first kappa shape index (κ1) is 12.1. The van der Waals surface area contributed by atoms with Crippen molar-refractivity contribution in [2.45, 2.75) is 11.9 Å². The van der Waals surface area contributed by atoms with Crippen LogP contribution < -0.4 is 0 Å². The van der Waals surface area contributed by atoms with E-state index >= 15 is 0 Å². The quantitative estimate of drug-likeness (QED) is 0.932. The Hall–Kier alpha value is -1.33. The molecule has 0 aliphatic carbocycles. The van der Waals surface area contributed by atoms with Gasteiger partial charge in [-0.1, -0.05) is 30.7 Å². The number of aromatic nitrogens is 2. The Kier molecular flexibility index (Phi) is 3.22. The first-order valence-electron chi connectivity index (χ1n) is 5.06. The zero-order valence-corrected chi connectivity index (χ0v) is 10.7. The molecule has 0 aliphatic rings. The largest absolute Gasteiger partial charge is 0.267 e. The van der Waals surface area contributed by atoms with Crippen LogP contribution in [-0.2, 0) is 9.84 Å². The van der Waals surface area contributed by atoms with Crippen LogP contribution in [0.1, 0.15) is 6.92 Å². The van der Waals surface area contributed by atoms with E-state index in [1.807, 2.05) is 0 Å². The van der Waals surface area contributed by atoms with Crippen LogP contribution in [0.4, 0.5) is 0 Å². The smallest absolute Gasteiger partial charge is 0.195 e. The van der Waals surface area contributed by atoms with Gasteiger partial charge < -0.3 is 0 Å². The Morgan fingerprint density at radius 1 is 1.29 bits per heavy atom. The molecule has 0 amide bonds. The summed E-state index contributed by atoms with van der Waals surface area (Å²) >= 11 is 5.79. The summed E-state index contributed by atoms with van der Waals surface area (Å²) in [6.45, 7) is 1.60. The van der Waals surface area contributed by atoms with Crippen LogP contribution in [0.3, 0.4) is 0 Å². The molecular weight excluding hydrogens is 260 g/mol. The topological polar surface area (TPSA) is 62.8 Å². The molecule has 0 spiro atoms. The molecule has 0 aliphatic heterocycles. The average molecular weight is 271 g/mol. The summed E-state index contributed by atoms with van der Waals surface area (Å²) in [4.78, 5) is 0. The zero-order chi connectivity index (χ0) is 12.5. The highest BCUT2D eigenvalue weighted by Gasteiger charge is 2.19.